The molecule has 0 bridgehead atoms. The van der Waals surface area contributed by atoms with Gasteiger partial charge < -0.3 is 4.74 Å². The van der Waals surface area contributed by atoms with E-state index in [0.717, 1.165) is 25.7 Å². The molecule has 114 valence electrons. The van der Waals surface area contributed by atoms with E-state index < -0.39 is 27.3 Å². The predicted molar refractivity (Wildman–Crippen MR) is 76.1 cm³/mol. The summed E-state index contributed by atoms with van der Waals surface area (Å²) in [5.41, 5.74) is 0. The predicted octanol–water partition coefficient (Wildman–Crippen LogP) is 1.81. The average Bonchev–Trinajstić information content (AvgIpc) is 2.33. The Kier molecular flexibility index (Phi) is 7.51. The molecule has 0 amide bonds. The van der Waals surface area contributed by atoms with Gasteiger partial charge in [-0.25, -0.2) is 8.42 Å². The van der Waals surface area contributed by atoms with Crippen molar-refractivity contribution in [2.45, 2.75) is 44.9 Å². The van der Waals surface area contributed by atoms with E-state index in [1.807, 2.05) is 12.2 Å². The molecule has 0 unspecified atom stereocenters. The fraction of sp³-hybridized carbons (Fsp3) is 0.714. The molecular weight excluding hydrogens is 280 g/mol. The molecule has 0 N–H and O–H groups in total. The topological polar surface area (TPSA) is 77.5 Å². The Morgan fingerprint density at radius 2 is 1.60 bits per heavy atom. The second-order valence-electron chi connectivity index (χ2n) is 5.00. The minimum absolute atomic E-state index is 0.179. The maximum Gasteiger partial charge on any atom is 0.321 e. The highest BCUT2D eigenvalue weighted by Crippen LogP contribution is 2.08. The van der Waals surface area contributed by atoms with Crippen LogP contribution in [0, 0.1) is 0 Å². The molecule has 1 rings (SSSR count). The molecule has 0 atom stereocenters. The number of hydrogen-bond acceptors (Lipinski definition) is 5. The van der Waals surface area contributed by atoms with Crippen LogP contribution in [0.4, 0.5) is 0 Å². The van der Waals surface area contributed by atoms with Crippen LogP contribution in [0.3, 0.4) is 0 Å². The summed E-state index contributed by atoms with van der Waals surface area (Å²) in [4.78, 5) is 22.9. The first kappa shape index (κ1) is 16.9. The van der Waals surface area contributed by atoms with Crippen molar-refractivity contribution in [2.24, 2.45) is 0 Å². The van der Waals surface area contributed by atoms with Gasteiger partial charge in [0.25, 0.3) is 0 Å². The fourth-order valence-corrected chi connectivity index (χ4v) is 3.18. The van der Waals surface area contributed by atoms with Crippen molar-refractivity contribution < 1.29 is 22.7 Å². The largest absolute Gasteiger partial charge is 0.465 e. The van der Waals surface area contributed by atoms with Gasteiger partial charge in [0, 0.05) is 6.42 Å². The Bertz CT molecular complexity index is 450. The van der Waals surface area contributed by atoms with E-state index in [4.69, 9.17) is 4.74 Å². The molecule has 0 saturated carbocycles. The van der Waals surface area contributed by atoms with E-state index >= 15 is 0 Å². The minimum atomic E-state index is -3.69. The van der Waals surface area contributed by atoms with Crippen molar-refractivity contribution >= 4 is 21.6 Å². The van der Waals surface area contributed by atoms with Gasteiger partial charge in [0.2, 0.25) is 0 Å². The number of carbonyl (C=O) groups is 2. The Hall–Kier alpha value is -1.17. The van der Waals surface area contributed by atoms with Crippen LogP contribution in [0.2, 0.25) is 0 Å². The fourth-order valence-electron chi connectivity index (χ4n) is 2.00. The molecule has 0 aromatic carbocycles. The van der Waals surface area contributed by atoms with Crippen LogP contribution in [-0.4, -0.2) is 38.3 Å². The molecule has 0 spiro atoms. The number of sulfone groups is 1. The number of hydrogen-bond donors (Lipinski definition) is 0. The highest BCUT2D eigenvalue weighted by Gasteiger charge is 2.21. The third-order valence-corrected chi connectivity index (χ3v) is 4.45. The van der Waals surface area contributed by atoms with Crippen LogP contribution >= 0.6 is 0 Å². The van der Waals surface area contributed by atoms with Gasteiger partial charge in [-0.05, 0) is 25.7 Å². The van der Waals surface area contributed by atoms with Gasteiger partial charge in [0.1, 0.15) is 17.3 Å². The quantitative estimate of drug-likeness (QED) is 0.504. The lowest BCUT2D eigenvalue weighted by molar-refractivity contribution is -0.140. The minimum Gasteiger partial charge on any atom is -0.465 e. The normalized spacial score (nSPS) is 23.2. The lowest BCUT2D eigenvalue weighted by atomic mass is 10.1. The van der Waals surface area contributed by atoms with Gasteiger partial charge >= 0.3 is 5.97 Å². The van der Waals surface area contributed by atoms with Crippen LogP contribution in [0.1, 0.15) is 44.9 Å². The molecule has 1 aliphatic heterocycles. The Morgan fingerprint density at radius 1 is 0.900 bits per heavy atom. The lowest BCUT2D eigenvalue weighted by Crippen LogP contribution is -2.25. The van der Waals surface area contributed by atoms with Gasteiger partial charge in [-0.15, -0.1) is 0 Å². The third kappa shape index (κ3) is 8.09. The van der Waals surface area contributed by atoms with Crippen LogP contribution in [-0.2, 0) is 24.2 Å². The first-order valence-electron chi connectivity index (χ1n) is 7.02. The summed E-state index contributed by atoms with van der Waals surface area (Å²) in [5, 5.41) is 0. The first-order chi connectivity index (χ1) is 9.49. The number of ether oxygens (including phenoxy) is 1. The molecule has 0 aliphatic carbocycles. The first-order valence-corrected chi connectivity index (χ1v) is 8.84. The van der Waals surface area contributed by atoms with E-state index in [1.165, 1.54) is 0 Å². The maximum atomic E-state index is 11.6. The van der Waals surface area contributed by atoms with Crippen LogP contribution < -0.4 is 0 Å². The molecule has 5 nitrogen and oxygen atoms in total. The number of allylic oxidation sites excluding steroid dienone is 1. The van der Waals surface area contributed by atoms with Crippen LogP contribution in [0.15, 0.2) is 12.2 Å². The van der Waals surface area contributed by atoms with E-state index in [9.17, 15) is 18.0 Å². The molecule has 1 heterocycles. The SMILES string of the molecule is O=C1CCCCCCC=CCCOC(=O)CS(=O)(=O)C1. The van der Waals surface area contributed by atoms with Crippen molar-refractivity contribution in [3.63, 3.8) is 0 Å². The summed E-state index contributed by atoms with van der Waals surface area (Å²) in [6.07, 6.45) is 9.57. The van der Waals surface area contributed by atoms with Crippen molar-refractivity contribution in [1.29, 1.82) is 0 Å². The van der Waals surface area contributed by atoms with Gasteiger partial charge in [0.05, 0.1) is 6.61 Å². The summed E-state index contributed by atoms with van der Waals surface area (Å²) in [5.74, 6) is -2.35. The highest BCUT2D eigenvalue weighted by molar-refractivity contribution is 7.92. The third-order valence-electron chi connectivity index (χ3n) is 3.01. The highest BCUT2D eigenvalue weighted by atomic mass is 32.2. The second-order valence-corrected chi connectivity index (χ2v) is 7.07. The summed E-state index contributed by atoms with van der Waals surface area (Å²) in [6.45, 7) is 0.179. The molecule has 0 aromatic heterocycles. The number of carbonyl (C=O) groups excluding carboxylic acids is 2. The molecular formula is C14H22O5S. The summed E-state index contributed by atoms with van der Waals surface area (Å²) in [7, 11) is -3.69. The van der Waals surface area contributed by atoms with Crippen molar-refractivity contribution in [1.82, 2.24) is 0 Å². The number of ketones is 1. The zero-order valence-electron chi connectivity index (χ0n) is 11.7. The summed E-state index contributed by atoms with van der Waals surface area (Å²) >= 11 is 0. The molecule has 1 aliphatic rings. The smallest absolute Gasteiger partial charge is 0.321 e. The van der Waals surface area contributed by atoms with Crippen molar-refractivity contribution in [2.75, 3.05) is 18.1 Å². The molecule has 0 radical (unpaired) electrons. The Labute approximate surface area is 120 Å². The Morgan fingerprint density at radius 3 is 2.40 bits per heavy atom. The number of cyclic esters (lactones) is 1. The molecule has 6 heteroatoms. The monoisotopic (exact) mass is 302 g/mol. The zero-order chi connectivity index (χ0) is 14.8. The maximum absolute atomic E-state index is 11.6. The van der Waals surface area contributed by atoms with Crippen LogP contribution in [0.25, 0.3) is 0 Å². The van der Waals surface area contributed by atoms with E-state index in [2.05, 4.69) is 0 Å². The number of Topliss-reactive ketones (excluding diaryl/α,β-unsaturated/α-hetero) is 1. The summed E-state index contributed by atoms with van der Waals surface area (Å²) in [6, 6.07) is 0. The van der Waals surface area contributed by atoms with Gasteiger partial charge in [0.15, 0.2) is 9.84 Å². The Balaban J connectivity index is 2.56. The van der Waals surface area contributed by atoms with Gasteiger partial charge in [-0.3, -0.25) is 9.59 Å². The van der Waals surface area contributed by atoms with E-state index in [0.29, 0.717) is 12.8 Å². The van der Waals surface area contributed by atoms with E-state index in [1.54, 1.807) is 0 Å². The zero-order valence-corrected chi connectivity index (χ0v) is 12.5. The molecule has 0 saturated heterocycles. The second kappa shape index (κ2) is 8.89. The average molecular weight is 302 g/mol. The number of esters is 1. The molecule has 0 aromatic rings. The van der Waals surface area contributed by atoms with Crippen molar-refractivity contribution in [3.05, 3.63) is 12.2 Å². The number of rotatable bonds is 0. The van der Waals surface area contributed by atoms with Crippen LogP contribution in [0.5, 0.6) is 0 Å². The summed E-state index contributed by atoms with van der Waals surface area (Å²) < 4.78 is 28.1. The van der Waals surface area contributed by atoms with Crippen molar-refractivity contribution in [3.8, 4) is 0 Å². The molecule has 20 heavy (non-hydrogen) atoms. The molecule has 0 fully saturated rings. The van der Waals surface area contributed by atoms with Gasteiger partial charge in [-0.2, -0.15) is 0 Å². The van der Waals surface area contributed by atoms with E-state index in [-0.39, 0.29) is 18.8 Å². The standard InChI is InChI=1S/C14H22O5S/c15-13-9-7-5-3-1-2-4-6-8-10-19-14(16)12-20(17,18)11-13/h4,6H,1-3,5,7-12H2. The lowest BCUT2D eigenvalue weighted by Gasteiger charge is -2.06. The van der Waals surface area contributed by atoms with Gasteiger partial charge in [-0.1, -0.05) is 25.0 Å².